The molecule has 0 aliphatic heterocycles. The zero-order chi connectivity index (χ0) is 13.8. The molecule has 104 valence electrons. The van der Waals surface area contributed by atoms with Crippen LogP contribution < -0.4 is 0 Å². The van der Waals surface area contributed by atoms with Crippen molar-refractivity contribution in [2.24, 2.45) is 0 Å². The van der Waals surface area contributed by atoms with Crippen LogP contribution >= 0.6 is 0 Å². The van der Waals surface area contributed by atoms with Gasteiger partial charge in [-0.3, -0.25) is 0 Å². The van der Waals surface area contributed by atoms with Gasteiger partial charge >= 0.3 is 5.97 Å². The highest BCUT2D eigenvalue weighted by Crippen LogP contribution is 2.24. The Morgan fingerprint density at radius 3 is 2.79 bits per heavy atom. The average molecular weight is 266 g/mol. The summed E-state index contributed by atoms with van der Waals surface area (Å²) in [4.78, 5) is 12.0. The van der Waals surface area contributed by atoms with Gasteiger partial charge in [-0.2, -0.15) is 0 Å². The van der Waals surface area contributed by atoms with Crippen LogP contribution in [0.15, 0.2) is 18.2 Å². The predicted octanol–water partition coefficient (Wildman–Crippen LogP) is 3.25. The predicted molar refractivity (Wildman–Crippen MR) is 69.6 cm³/mol. The van der Waals surface area contributed by atoms with E-state index < -0.39 is 11.8 Å². The Balaban J connectivity index is 2.02. The van der Waals surface area contributed by atoms with E-state index >= 15 is 0 Å². The lowest BCUT2D eigenvalue weighted by Gasteiger charge is -2.27. The first-order valence-electron chi connectivity index (χ1n) is 6.60. The fourth-order valence-electron chi connectivity index (χ4n) is 2.43. The summed E-state index contributed by atoms with van der Waals surface area (Å²) in [6.07, 6.45) is 3.42. The summed E-state index contributed by atoms with van der Waals surface area (Å²) < 4.78 is 24.3. The van der Waals surface area contributed by atoms with Gasteiger partial charge < -0.3 is 9.47 Å². The second kappa shape index (κ2) is 6.15. The number of rotatable bonds is 3. The number of carbonyl (C=O) groups excluding carboxylic acids is 1. The molecule has 3 nitrogen and oxygen atoms in total. The molecule has 0 bridgehead atoms. The zero-order valence-electron chi connectivity index (χ0n) is 11.3. The highest BCUT2D eigenvalue weighted by Gasteiger charge is 2.26. The number of carbonyl (C=O) groups is 1. The zero-order valence-corrected chi connectivity index (χ0v) is 11.3. The summed E-state index contributed by atoms with van der Waals surface area (Å²) in [5.74, 6) is -1.11. The number of aryl methyl sites for hydroxylation is 1. The average Bonchev–Trinajstić information content (AvgIpc) is 2.41. The van der Waals surface area contributed by atoms with Crippen LogP contribution in [0.2, 0.25) is 0 Å². The fourth-order valence-corrected chi connectivity index (χ4v) is 2.43. The highest BCUT2D eigenvalue weighted by atomic mass is 19.1. The van der Waals surface area contributed by atoms with Crippen molar-refractivity contribution in [2.75, 3.05) is 7.11 Å². The third-order valence-corrected chi connectivity index (χ3v) is 3.53. The molecule has 4 heteroatoms. The minimum atomic E-state index is -0.581. The van der Waals surface area contributed by atoms with Gasteiger partial charge in [0.1, 0.15) is 11.9 Å². The lowest BCUT2D eigenvalue weighted by atomic mass is 9.95. The van der Waals surface area contributed by atoms with Crippen molar-refractivity contribution in [3.8, 4) is 0 Å². The summed E-state index contributed by atoms with van der Waals surface area (Å²) in [5, 5.41) is 0. The molecule has 2 rings (SSSR count). The topological polar surface area (TPSA) is 35.5 Å². The molecule has 0 spiro atoms. The van der Waals surface area contributed by atoms with E-state index in [0.29, 0.717) is 6.42 Å². The first kappa shape index (κ1) is 14.0. The molecule has 19 heavy (non-hydrogen) atoms. The molecule has 0 N–H and O–H groups in total. The maximum absolute atomic E-state index is 13.6. The van der Waals surface area contributed by atoms with Gasteiger partial charge in [-0.25, -0.2) is 9.18 Å². The van der Waals surface area contributed by atoms with Crippen LogP contribution in [0.1, 0.15) is 41.6 Å². The van der Waals surface area contributed by atoms with Crippen molar-refractivity contribution in [1.82, 2.24) is 0 Å². The van der Waals surface area contributed by atoms with E-state index in [-0.39, 0.29) is 17.8 Å². The minimum Gasteiger partial charge on any atom is -0.459 e. The summed E-state index contributed by atoms with van der Waals surface area (Å²) in [6.45, 7) is 1.82. The monoisotopic (exact) mass is 266 g/mol. The molecular formula is C15H19FO3. The SMILES string of the molecule is COC1CCCC(OC(=O)c2cc(C)ccc2F)C1. The molecule has 0 radical (unpaired) electrons. The summed E-state index contributed by atoms with van der Waals surface area (Å²) >= 11 is 0. The normalized spacial score (nSPS) is 23.1. The van der Waals surface area contributed by atoms with E-state index in [1.165, 1.54) is 12.1 Å². The molecule has 1 aromatic carbocycles. The Hall–Kier alpha value is -1.42. The van der Waals surface area contributed by atoms with Gasteiger partial charge in [-0.05, 0) is 38.3 Å². The third-order valence-electron chi connectivity index (χ3n) is 3.53. The molecule has 0 aromatic heterocycles. The number of ether oxygens (including phenoxy) is 2. The molecule has 2 unspecified atom stereocenters. The molecule has 1 fully saturated rings. The van der Waals surface area contributed by atoms with Gasteiger partial charge in [0.05, 0.1) is 11.7 Å². The van der Waals surface area contributed by atoms with Gasteiger partial charge in [0, 0.05) is 13.5 Å². The van der Waals surface area contributed by atoms with Crippen LogP contribution in [0, 0.1) is 12.7 Å². The molecule has 2 atom stereocenters. The Labute approximate surface area is 112 Å². The van der Waals surface area contributed by atoms with Crippen molar-refractivity contribution in [2.45, 2.75) is 44.8 Å². The van der Waals surface area contributed by atoms with Crippen LogP contribution in [0.3, 0.4) is 0 Å². The lowest BCUT2D eigenvalue weighted by Crippen LogP contribution is -2.29. The molecular weight excluding hydrogens is 247 g/mol. The Morgan fingerprint density at radius 2 is 2.05 bits per heavy atom. The summed E-state index contributed by atoms with van der Waals surface area (Å²) in [7, 11) is 1.66. The van der Waals surface area contributed by atoms with E-state index in [2.05, 4.69) is 0 Å². The Kier molecular flexibility index (Phi) is 4.53. The number of halogens is 1. The number of esters is 1. The second-order valence-electron chi connectivity index (χ2n) is 5.03. The molecule has 0 amide bonds. The largest absolute Gasteiger partial charge is 0.459 e. The smallest absolute Gasteiger partial charge is 0.341 e. The second-order valence-corrected chi connectivity index (χ2v) is 5.03. The van der Waals surface area contributed by atoms with Gasteiger partial charge in [-0.15, -0.1) is 0 Å². The van der Waals surface area contributed by atoms with Crippen LogP contribution in [-0.4, -0.2) is 25.3 Å². The highest BCUT2D eigenvalue weighted by molar-refractivity contribution is 5.90. The molecule has 1 aliphatic carbocycles. The van der Waals surface area contributed by atoms with Gasteiger partial charge in [0.2, 0.25) is 0 Å². The molecule has 1 saturated carbocycles. The van der Waals surface area contributed by atoms with Crippen LogP contribution in [0.4, 0.5) is 4.39 Å². The number of methoxy groups -OCH3 is 1. The van der Waals surface area contributed by atoms with E-state index in [1.54, 1.807) is 13.2 Å². The van der Waals surface area contributed by atoms with E-state index in [0.717, 1.165) is 24.8 Å². The third kappa shape index (κ3) is 3.53. The number of hydrogen-bond acceptors (Lipinski definition) is 3. The lowest BCUT2D eigenvalue weighted by molar-refractivity contribution is -0.0152. The van der Waals surface area contributed by atoms with Crippen molar-refractivity contribution >= 4 is 5.97 Å². The van der Waals surface area contributed by atoms with Crippen molar-refractivity contribution in [1.29, 1.82) is 0 Å². The molecule has 1 aromatic rings. The molecule has 0 heterocycles. The standard InChI is InChI=1S/C15H19FO3/c1-10-6-7-14(16)13(8-10)15(17)19-12-5-3-4-11(9-12)18-2/h6-8,11-12H,3-5,9H2,1-2H3. The van der Waals surface area contributed by atoms with E-state index in [4.69, 9.17) is 9.47 Å². The Bertz CT molecular complexity index is 459. The quantitative estimate of drug-likeness (QED) is 0.788. The van der Waals surface area contributed by atoms with Gasteiger partial charge in [0.25, 0.3) is 0 Å². The van der Waals surface area contributed by atoms with E-state index in [9.17, 15) is 9.18 Å². The maximum Gasteiger partial charge on any atom is 0.341 e. The Morgan fingerprint density at radius 1 is 1.32 bits per heavy atom. The molecule has 0 saturated heterocycles. The summed E-state index contributed by atoms with van der Waals surface area (Å²) in [5.41, 5.74) is 0.853. The number of hydrogen-bond donors (Lipinski definition) is 0. The summed E-state index contributed by atoms with van der Waals surface area (Å²) in [6, 6.07) is 4.45. The maximum atomic E-state index is 13.6. The fraction of sp³-hybridized carbons (Fsp3) is 0.533. The van der Waals surface area contributed by atoms with Crippen LogP contribution in [0.5, 0.6) is 0 Å². The van der Waals surface area contributed by atoms with Crippen molar-refractivity contribution < 1.29 is 18.7 Å². The van der Waals surface area contributed by atoms with Gasteiger partial charge in [-0.1, -0.05) is 11.6 Å². The molecule has 1 aliphatic rings. The first-order chi connectivity index (χ1) is 9.10. The van der Waals surface area contributed by atoms with E-state index in [1.807, 2.05) is 6.92 Å². The number of benzene rings is 1. The van der Waals surface area contributed by atoms with Crippen LogP contribution in [0.25, 0.3) is 0 Å². The minimum absolute atomic E-state index is 0.0135. The van der Waals surface area contributed by atoms with Crippen LogP contribution in [-0.2, 0) is 9.47 Å². The first-order valence-corrected chi connectivity index (χ1v) is 6.60. The van der Waals surface area contributed by atoms with Crippen molar-refractivity contribution in [3.05, 3.63) is 35.1 Å². The van der Waals surface area contributed by atoms with Gasteiger partial charge in [0.15, 0.2) is 0 Å². The van der Waals surface area contributed by atoms with Crippen molar-refractivity contribution in [3.63, 3.8) is 0 Å².